The molecule has 0 aliphatic heterocycles. The van der Waals surface area contributed by atoms with Crippen LogP contribution in [0.4, 0.5) is 0 Å². The second-order valence-corrected chi connectivity index (χ2v) is 43.4. The van der Waals surface area contributed by atoms with Gasteiger partial charge in [0.15, 0.2) is 33.3 Å². The van der Waals surface area contributed by atoms with E-state index in [1.54, 1.807) is 6.07 Å². The van der Waals surface area contributed by atoms with Crippen LogP contribution in [0.1, 0.15) is 42.5 Å². The minimum absolute atomic E-state index is 0.251. The molecule has 0 aliphatic carbocycles. The fourth-order valence-corrected chi connectivity index (χ4v) is 30.9. The number of aromatic hydroxyl groups is 2. The van der Waals surface area contributed by atoms with Gasteiger partial charge in [0, 0.05) is 17.0 Å². The van der Waals surface area contributed by atoms with E-state index in [2.05, 4.69) is 124 Å². The zero-order valence-electron chi connectivity index (χ0n) is 32.5. The van der Waals surface area contributed by atoms with Gasteiger partial charge in [0.2, 0.25) is 0 Å². The maximum absolute atomic E-state index is 10.9. The number of rotatable bonds is 17. The van der Waals surface area contributed by atoms with Crippen LogP contribution in [-0.4, -0.2) is 60.6 Å². The lowest BCUT2D eigenvalue weighted by Gasteiger charge is -2.38. The number of hydrogen-bond donors (Lipinski definition) is 2. The zero-order valence-corrected chi connectivity index (χ0v) is 38.5. The van der Waals surface area contributed by atoms with Crippen molar-refractivity contribution in [2.24, 2.45) is 0 Å². The van der Waals surface area contributed by atoms with E-state index in [4.69, 9.17) is 16.5 Å². The predicted octanol–water partition coefficient (Wildman–Crippen LogP) is 10.9. The summed E-state index contributed by atoms with van der Waals surface area (Å²) in [6.45, 7) is 35.5. The van der Waals surface area contributed by atoms with Gasteiger partial charge >= 0.3 is 17.1 Å². The van der Waals surface area contributed by atoms with Gasteiger partial charge in [-0.2, -0.15) is 0 Å². The van der Waals surface area contributed by atoms with Crippen molar-refractivity contribution in [2.45, 2.75) is 136 Å². The Morgan fingerprint density at radius 3 is 1.49 bits per heavy atom. The summed E-state index contributed by atoms with van der Waals surface area (Å²) < 4.78 is 26.7. The van der Waals surface area contributed by atoms with E-state index >= 15 is 0 Å². The molecule has 266 valence electrons. The molecule has 2 N–H and O–H groups in total. The van der Waals surface area contributed by atoms with Crippen molar-refractivity contribution in [3.8, 4) is 11.5 Å². The molecule has 12 heteroatoms. The van der Waals surface area contributed by atoms with Crippen molar-refractivity contribution in [1.29, 1.82) is 0 Å². The number of aryl methyl sites for hydroxylation is 1. The summed E-state index contributed by atoms with van der Waals surface area (Å²) in [5.74, 6) is 0.578. The summed E-state index contributed by atoms with van der Waals surface area (Å²) >= 11 is 0. The molecule has 0 radical (unpaired) electrons. The molecule has 0 saturated carbocycles. The smallest absolute Gasteiger partial charge is 0.318 e. The van der Waals surface area contributed by atoms with Crippen LogP contribution in [0.25, 0.3) is 6.08 Å². The molecule has 0 amide bonds. The molecule has 0 heterocycles. The van der Waals surface area contributed by atoms with E-state index in [1.807, 2.05) is 24.3 Å². The highest BCUT2D eigenvalue weighted by Gasteiger charge is 2.41. The van der Waals surface area contributed by atoms with Gasteiger partial charge < -0.3 is 26.7 Å². The second-order valence-electron chi connectivity index (χ2n) is 17.8. The van der Waals surface area contributed by atoms with Gasteiger partial charge in [0.05, 0.1) is 0 Å². The minimum Gasteiger partial charge on any atom is -0.508 e. The molecule has 6 nitrogen and oxygen atoms in total. The maximum Gasteiger partial charge on any atom is 0.318 e. The molecule has 2 aromatic rings. The first-order valence-electron chi connectivity index (χ1n) is 17.1. The molecule has 0 saturated heterocycles. The monoisotopic (exact) mass is 750 g/mol. The van der Waals surface area contributed by atoms with Crippen molar-refractivity contribution in [3.63, 3.8) is 0 Å². The van der Waals surface area contributed by atoms with E-state index in [1.165, 1.54) is 0 Å². The summed E-state index contributed by atoms with van der Waals surface area (Å²) in [6.07, 6.45) is 5.78. The molecule has 0 aliphatic rings. The van der Waals surface area contributed by atoms with Crippen LogP contribution in [0.3, 0.4) is 0 Å². The fourth-order valence-electron chi connectivity index (χ4n) is 6.24. The summed E-state index contributed by atoms with van der Waals surface area (Å²) in [5, 5.41) is 21.7. The minimum atomic E-state index is -2.43. The van der Waals surface area contributed by atoms with E-state index in [-0.39, 0.29) is 11.2 Å². The molecule has 47 heavy (non-hydrogen) atoms. The molecule has 0 aromatic heterocycles. The summed E-state index contributed by atoms with van der Waals surface area (Å²) in [6, 6.07) is 13.5. The largest absolute Gasteiger partial charge is 0.508 e. The first-order chi connectivity index (χ1) is 21.0. The number of allylic oxidation sites excluding steroid dienone is 1. The Balaban J connectivity index is 2.31. The fraction of sp³-hybridized carbons (Fsp3) is 0.600. The summed E-state index contributed by atoms with van der Waals surface area (Å²) in [7, 11) is -11.9. The highest BCUT2D eigenvalue weighted by molar-refractivity contribution is 6.88. The van der Waals surface area contributed by atoms with E-state index in [0.717, 1.165) is 47.2 Å². The third kappa shape index (κ3) is 14.7. The Kier molecular flexibility index (Phi) is 13.8. The zero-order chi connectivity index (χ0) is 36.3. The number of phenols is 2. The number of phenolic OH excluding ortho intramolecular Hbond substituents is 2. The molecule has 0 unspecified atom stereocenters. The lowest BCUT2D eigenvalue weighted by Crippen LogP contribution is -2.52. The Bertz CT molecular complexity index is 1330. The van der Waals surface area contributed by atoms with Crippen LogP contribution in [-0.2, 0) is 28.3 Å². The second kappa shape index (κ2) is 15.4. The third-order valence-electron chi connectivity index (χ3n) is 7.50. The van der Waals surface area contributed by atoms with Gasteiger partial charge in [-0.25, -0.2) is 0 Å². The quantitative estimate of drug-likeness (QED) is 0.157. The van der Waals surface area contributed by atoms with Crippen molar-refractivity contribution < 1.29 is 26.7 Å². The van der Waals surface area contributed by atoms with Crippen molar-refractivity contribution in [3.05, 3.63) is 64.7 Å². The van der Waals surface area contributed by atoms with Crippen LogP contribution < -0.4 is 0 Å². The molecule has 0 bridgehead atoms. The topological polar surface area (TPSA) is 77.4 Å². The number of hydrogen-bond acceptors (Lipinski definition) is 6. The molecular weight excluding hydrogens is 685 g/mol. The SMILES string of the molecule is CC(C)(c1ccc(O)c(/C=C/C[Si](C)(O[Si](C)(C)C)O[Si](C)(C)C)c1)c1ccc(O)c(CCC[Si](C)(O[Si](C)(C)C)O[Si](C)(C)C)c1. The van der Waals surface area contributed by atoms with Crippen molar-refractivity contribution >= 4 is 56.5 Å². The average molecular weight is 751 g/mol. The lowest BCUT2D eigenvalue weighted by molar-refractivity contribution is 0.381. The molecule has 0 atom stereocenters. The van der Waals surface area contributed by atoms with E-state index in [0.29, 0.717) is 5.75 Å². The van der Waals surface area contributed by atoms with Crippen LogP contribution in [0.2, 0.25) is 104 Å². The van der Waals surface area contributed by atoms with Crippen molar-refractivity contribution in [2.75, 3.05) is 0 Å². The average Bonchev–Trinajstić information content (AvgIpc) is 2.81. The van der Waals surface area contributed by atoms with E-state index in [9.17, 15) is 10.2 Å². The molecule has 0 spiro atoms. The van der Waals surface area contributed by atoms with Gasteiger partial charge in [-0.1, -0.05) is 44.2 Å². The van der Waals surface area contributed by atoms with Crippen molar-refractivity contribution in [1.82, 2.24) is 0 Å². The molecule has 2 rings (SSSR count). The lowest BCUT2D eigenvalue weighted by atomic mass is 9.77. The summed E-state index contributed by atoms with van der Waals surface area (Å²) in [4.78, 5) is 0. The highest BCUT2D eigenvalue weighted by atomic mass is 28.5. The first-order valence-corrected chi connectivity index (χ1v) is 35.8. The Labute approximate surface area is 294 Å². The van der Waals surface area contributed by atoms with Gasteiger partial charge in [0.1, 0.15) is 11.5 Å². The van der Waals surface area contributed by atoms with Gasteiger partial charge in [0.25, 0.3) is 0 Å². The maximum atomic E-state index is 10.9. The van der Waals surface area contributed by atoms with Gasteiger partial charge in [-0.3, -0.25) is 0 Å². The van der Waals surface area contributed by atoms with Gasteiger partial charge in [-0.05, 0) is 145 Å². The molecule has 0 fully saturated rings. The van der Waals surface area contributed by atoms with Crippen LogP contribution in [0.5, 0.6) is 11.5 Å². The van der Waals surface area contributed by atoms with Crippen LogP contribution in [0.15, 0.2) is 42.5 Å². The number of benzene rings is 2. The highest BCUT2D eigenvalue weighted by Crippen LogP contribution is 2.37. The van der Waals surface area contributed by atoms with E-state index < -0.39 is 50.4 Å². The summed E-state index contributed by atoms with van der Waals surface area (Å²) in [5.41, 5.74) is 3.58. The third-order valence-corrected chi connectivity index (χ3v) is 26.4. The molecule has 2 aromatic carbocycles. The molecular formula is C35H66O6Si6. The Morgan fingerprint density at radius 2 is 1.02 bits per heavy atom. The Hall–Kier alpha value is -1.08. The Morgan fingerprint density at radius 1 is 0.596 bits per heavy atom. The normalized spacial score (nSPS) is 14.3. The van der Waals surface area contributed by atoms with Gasteiger partial charge in [-0.15, -0.1) is 0 Å². The van der Waals surface area contributed by atoms with Crippen LogP contribution in [0, 0.1) is 0 Å². The standard InChI is InChI=1S/C35H66O6Si6/c1-35(2,31-21-23-33(36)29(27-31)19-17-25-46(15,38-42(3,4)5)39-43(6,7)8)32-22-24-34(37)30(28-32)20-18-26-47(16,40-44(9,10)11)41-45(12,13)14/h17,19,21-24,27-28,36-37H,18,20,25-26H2,1-16H3/b19-17+. The first kappa shape index (κ1) is 42.1. The predicted molar refractivity (Wildman–Crippen MR) is 216 cm³/mol. The van der Waals surface area contributed by atoms with Crippen LogP contribution >= 0.6 is 0 Å².